The van der Waals surface area contributed by atoms with Gasteiger partial charge in [0.1, 0.15) is 17.4 Å². The molecule has 146 valence electrons. The summed E-state index contributed by atoms with van der Waals surface area (Å²) in [7, 11) is 3.56. The van der Waals surface area contributed by atoms with Crippen LogP contribution in [0.5, 0.6) is 0 Å². The number of amides is 4. The summed E-state index contributed by atoms with van der Waals surface area (Å²) in [6.07, 6.45) is 0.793. The summed E-state index contributed by atoms with van der Waals surface area (Å²) in [5.41, 5.74) is -0.274. The van der Waals surface area contributed by atoms with Crippen LogP contribution in [0.3, 0.4) is 0 Å². The number of halogens is 1. The molecule has 2 heterocycles. The quantitative estimate of drug-likeness (QED) is 0.806. The van der Waals surface area contributed by atoms with Crippen LogP contribution in [0.15, 0.2) is 24.3 Å². The average molecular weight is 376 g/mol. The summed E-state index contributed by atoms with van der Waals surface area (Å²) in [5, 5.41) is 2.39. The number of carbonyl (C=O) groups excluding carboxylic acids is 3. The summed E-state index contributed by atoms with van der Waals surface area (Å²) in [6.45, 7) is 3.02. The van der Waals surface area contributed by atoms with Gasteiger partial charge in [0.2, 0.25) is 5.91 Å². The molecule has 1 spiro atoms. The third-order valence-corrected chi connectivity index (χ3v) is 5.54. The van der Waals surface area contributed by atoms with Crippen LogP contribution in [0, 0.1) is 5.82 Å². The molecule has 3 rings (SSSR count). The van der Waals surface area contributed by atoms with Gasteiger partial charge >= 0.3 is 6.03 Å². The first-order valence-electron chi connectivity index (χ1n) is 9.14. The van der Waals surface area contributed by atoms with Crippen molar-refractivity contribution in [2.24, 2.45) is 0 Å². The van der Waals surface area contributed by atoms with E-state index in [4.69, 9.17) is 0 Å². The average Bonchev–Trinajstić information content (AvgIpc) is 2.84. The third-order valence-electron chi connectivity index (χ3n) is 5.54. The number of nitrogens with zero attached hydrogens (tertiary/aromatic N) is 3. The van der Waals surface area contributed by atoms with Crippen LogP contribution < -0.4 is 5.32 Å². The largest absolute Gasteiger partial charge is 0.341 e. The molecular weight excluding hydrogens is 351 g/mol. The number of hydrogen-bond donors (Lipinski definition) is 1. The van der Waals surface area contributed by atoms with E-state index in [1.807, 2.05) is 6.92 Å². The lowest BCUT2D eigenvalue weighted by Crippen LogP contribution is -2.58. The number of hydrogen-bond acceptors (Lipinski definition) is 4. The Morgan fingerprint density at radius 2 is 1.96 bits per heavy atom. The van der Waals surface area contributed by atoms with Crippen LogP contribution in [0.4, 0.5) is 9.18 Å². The number of urea groups is 1. The van der Waals surface area contributed by atoms with Gasteiger partial charge in [-0.25, -0.2) is 9.18 Å². The normalized spacial score (nSPS) is 20.3. The lowest BCUT2D eigenvalue weighted by molar-refractivity contribution is -0.141. The van der Waals surface area contributed by atoms with Crippen molar-refractivity contribution in [2.75, 3.05) is 33.7 Å². The second kappa shape index (κ2) is 7.26. The Morgan fingerprint density at radius 1 is 1.30 bits per heavy atom. The van der Waals surface area contributed by atoms with Gasteiger partial charge in [-0.3, -0.25) is 19.8 Å². The predicted molar refractivity (Wildman–Crippen MR) is 97.3 cm³/mol. The van der Waals surface area contributed by atoms with Crippen molar-refractivity contribution in [1.29, 1.82) is 0 Å². The molecule has 1 aromatic rings. The Kier molecular flexibility index (Phi) is 5.19. The highest BCUT2D eigenvalue weighted by Gasteiger charge is 2.53. The Hall–Kier alpha value is -2.48. The fourth-order valence-corrected chi connectivity index (χ4v) is 4.15. The van der Waals surface area contributed by atoms with Gasteiger partial charge in [0.05, 0.1) is 0 Å². The Labute approximate surface area is 158 Å². The van der Waals surface area contributed by atoms with E-state index in [2.05, 4.69) is 5.32 Å². The van der Waals surface area contributed by atoms with Crippen LogP contribution >= 0.6 is 0 Å². The molecular formula is C19H25FN4O3. The van der Waals surface area contributed by atoms with Gasteiger partial charge in [0.25, 0.3) is 5.91 Å². The number of nitrogens with one attached hydrogen (secondary N) is 1. The lowest BCUT2D eigenvalue weighted by Gasteiger charge is -2.43. The van der Waals surface area contributed by atoms with E-state index in [0.717, 1.165) is 0 Å². The van der Waals surface area contributed by atoms with Crippen LogP contribution in [-0.4, -0.2) is 71.8 Å². The van der Waals surface area contributed by atoms with Gasteiger partial charge in [-0.15, -0.1) is 0 Å². The van der Waals surface area contributed by atoms with E-state index >= 15 is 0 Å². The van der Waals surface area contributed by atoms with E-state index in [9.17, 15) is 18.8 Å². The maximum Gasteiger partial charge on any atom is 0.325 e. The molecule has 0 aromatic heterocycles. The summed E-state index contributed by atoms with van der Waals surface area (Å²) in [4.78, 5) is 42.5. The standard InChI is InChI=1S/C19H25FN4O3/c1-4-24-18(27)21-17(26)19(24)8-10-23(11-9-19)16(25)15(22(2)3)13-6-5-7-14(20)12-13/h5-7,12,15H,4,8-11H2,1-3H3,(H,21,26,27)/t15-/m1/s1. The van der Waals surface area contributed by atoms with E-state index in [0.29, 0.717) is 38.0 Å². The lowest BCUT2D eigenvalue weighted by atomic mass is 9.85. The van der Waals surface area contributed by atoms with Crippen LogP contribution in [-0.2, 0) is 9.59 Å². The SMILES string of the molecule is CCN1C(=O)NC(=O)C12CCN(C(=O)[C@@H](c1cccc(F)c1)N(C)C)CC2. The Morgan fingerprint density at radius 3 is 2.52 bits per heavy atom. The fourth-order valence-electron chi connectivity index (χ4n) is 4.15. The molecule has 8 heteroatoms. The van der Waals surface area contributed by atoms with Gasteiger partial charge < -0.3 is 9.80 Å². The predicted octanol–water partition coefficient (Wildman–Crippen LogP) is 1.36. The monoisotopic (exact) mass is 376 g/mol. The third kappa shape index (κ3) is 3.29. The van der Waals surface area contributed by atoms with Gasteiger partial charge in [0.15, 0.2) is 0 Å². The molecule has 2 saturated heterocycles. The minimum atomic E-state index is -0.866. The molecule has 0 bridgehead atoms. The summed E-state index contributed by atoms with van der Waals surface area (Å²) in [5.74, 6) is -0.798. The number of rotatable bonds is 4. The second-order valence-electron chi connectivity index (χ2n) is 7.28. The number of benzene rings is 1. The second-order valence-corrected chi connectivity index (χ2v) is 7.28. The summed E-state index contributed by atoms with van der Waals surface area (Å²) >= 11 is 0. The first kappa shape index (κ1) is 19.3. The molecule has 27 heavy (non-hydrogen) atoms. The van der Waals surface area contributed by atoms with Gasteiger partial charge in [-0.1, -0.05) is 12.1 Å². The van der Waals surface area contributed by atoms with Crippen molar-refractivity contribution in [3.8, 4) is 0 Å². The van der Waals surface area contributed by atoms with Crippen LogP contribution in [0.25, 0.3) is 0 Å². The van der Waals surface area contributed by atoms with Crippen molar-refractivity contribution in [2.45, 2.75) is 31.3 Å². The van der Waals surface area contributed by atoms with Crippen LogP contribution in [0.2, 0.25) is 0 Å². The zero-order valence-electron chi connectivity index (χ0n) is 15.9. The van der Waals surface area contributed by atoms with Crippen molar-refractivity contribution in [3.05, 3.63) is 35.6 Å². The van der Waals surface area contributed by atoms with Crippen molar-refractivity contribution in [1.82, 2.24) is 20.0 Å². The minimum absolute atomic E-state index is 0.131. The van der Waals surface area contributed by atoms with Gasteiger partial charge in [0, 0.05) is 19.6 Å². The number of likely N-dealkylation sites (tertiary alicyclic amines) is 1. The highest BCUT2D eigenvalue weighted by molar-refractivity contribution is 6.07. The van der Waals surface area contributed by atoms with Crippen LogP contribution in [0.1, 0.15) is 31.4 Å². The van der Waals surface area contributed by atoms with E-state index in [-0.39, 0.29) is 23.7 Å². The molecule has 7 nitrogen and oxygen atoms in total. The zero-order chi connectivity index (χ0) is 19.8. The fraction of sp³-hybridized carbons (Fsp3) is 0.526. The molecule has 0 unspecified atom stereocenters. The molecule has 1 atom stereocenters. The zero-order valence-corrected chi connectivity index (χ0v) is 15.9. The maximum absolute atomic E-state index is 13.6. The number of carbonyl (C=O) groups is 3. The molecule has 1 aromatic carbocycles. The Bertz CT molecular complexity index is 759. The van der Waals surface area contributed by atoms with Gasteiger partial charge in [-0.05, 0) is 51.6 Å². The molecule has 0 saturated carbocycles. The minimum Gasteiger partial charge on any atom is -0.341 e. The smallest absolute Gasteiger partial charge is 0.325 e. The molecule has 1 N–H and O–H groups in total. The first-order valence-corrected chi connectivity index (χ1v) is 9.14. The van der Waals surface area contributed by atoms with Crippen molar-refractivity contribution >= 4 is 17.8 Å². The highest BCUT2D eigenvalue weighted by atomic mass is 19.1. The summed E-state index contributed by atoms with van der Waals surface area (Å²) in [6, 6.07) is 5.08. The molecule has 0 radical (unpaired) electrons. The first-order chi connectivity index (χ1) is 12.8. The maximum atomic E-state index is 13.6. The topological polar surface area (TPSA) is 73.0 Å². The molecule has 2 fully saturated rings. The molecule has 2 aliphatic rings. The summed E-state index contributed by atoms with van der Waals surface area (Å²) < 4.78 is 13.6. The highest BCUT2D eigenvalue weighted by Crippen LogP contribution is 2.34. The van der Waals surface area contributed by atoms with E-state index in [1.54, 1.807) is 40.9 Å². The van der Waals surface area contributed by atoms with E-state index < -0.39 is 11.6 Å². The van der Waals surface area contributed by atoms with E-state index in [1.165, 1.54) is 12.1 Å². The number of imide groups is 1. The van der Waals surface area contributed by atoms with Crippen molar-refractivity contribution < 1.29 is 18.8 Å². The number of likely N-dealkylation sites (N-methyl/N-ethyl adjacent to an activating group) is 2. The van der Waals surface area contributed by atoms with Crippen molar-refractivity contribution in [3.63, 3.8) is 0 Å². The number of piperidine rings is 1. The molecule has 4 amide bonds. The Balaban J connectivity index is 1.77. The molecule has 0 aliphatic carbocycles. The van der Waals surface area contributed by atoms with Gasteiger partial charge in [-0.2, -0.15) is 0 Å². The molecule has 2 aliphatic heterocycles.